The first-order chi connectivity index (χ1) is 26.5. The third-order valence-corrected chi connectivity index (χ3v) is 16.4. The molecule has 6 aliphatic rings. The molecule has 0 spiro atoms. The molecule has 5 saturated carbocycles. The van der Waals surface area contributed by atoms with Crippen LogP contribution in [0.4, 0.5) is 0 Å². The number of carboxylic acid groups (broad SMARTS) is 1. The number of Topliss-reactive ketones (excluding diaryl/α,β-unsaturated/α-hetero) is 1. The second kappa shape index (κ2) is 14.1. The second-order valence-corrected chi connectivity index (χ2v) is 20.0. The molecule has 0 aliphatic heterocycles. The summed E-state index contributed by atoms with van der Waals surface area (Å²) in [6.07, 6.45) is 8.37. The molecular weight excluding hydrogens is 730 g/mol. The van der Waals surface area contributed by atoms with Gasteiger partial charge in [-0.3, -0.25) is 19.2 Å². The van der Waals surface area contributed by atoms with Crippen molar-refractivity contribution in [2.24, 2.45) is 64.6 Å². The monoisotopic (exact) mass is 787 g/mol. The Kier molecular flexibility index (Phi) is 9.89. The normalized spacial score (nSPS) is 37.8. The summed E-state index contributed by atoms with van der Waals surface area (Å²) in [4.78, 5) is 53.2. The van der Waals surface area contributed by atoms with Crippen molar-refractivity contribution in [2.45, 2.75) is 130 Å². The quantitative estimate of drug-likeness (QED) is 0.251. The zero-order valence-corrected chi connectivity index (χ0v) is 34.7. The predicted octanol–water partition coefficient (Wildman–Crippen LogP) is 8.62. The zero-order chi connectivity index (χ0) is 40.1. The van der Waals surface area contributed by atoms with Crippen molar-refractivity contribution in [1.82, 2.24) is 15.5 Å². The highest BCUT2D eigenvalue weighted by Gasteiger charge is 2.62. The highest BCUT2D eigenvalue weighted by Crippen LogP contribution is 2.66. The number of carbonyl (C=O) groups excluding carboxylic acids is 3. The van der Waals surface area contributed by atoms with Gasteiger partial charge in [0.2, 0.25) is 17.7 Å². The number of carbonyl (C=O) groups is 4. The van der Waals surface area contributed by atoms with Gasteiger partial charge < -0.3 is 19.6 Å². The van der Waals surface area contributed by atoms with Crippen LogP contribution in [0.5, 0.6) is 0 Å². The fraction of sp³-hybridized carbons (Fsp3) is 0.689. The predicted molar refractivity (Wildman–Crippen MR) is 210 cm³/mol. The number of halogens is 1. The van der Waals surface area contributed by atoms with Crippen molar-refractivity contribution in [2.75, 3.05) is 0 Å². The molecule has 1 heterocycles. The molecule has 2 aromatic rings. The number of aliphatic carboxylic acids is 1. The van der Waals surface area contributed by atoms with Gasteiger partial charge in [-0.25, -0.2) is 0 Å². The van der Waals surface area contributed by atoms with Crippen LogP contribution >= 0.6 is 11.6 Å². The van der Waals surface area contributed by atoms with E-state index < -0.39 is 22.8 Å². The summed E-state index contributed by atoms with van der Waals surface area (Å²) in [7, 11) is 0. The van der Waals surface area contributed by atoms with Crippen LogP contribution in [-0.2, 0) is 29.3 Å². The minimum atomic E-state index is -1.14. The third kappa shape index (κ3) is 6.17. The number of rotatable bonds is 8. The van der Waals surface area contributed by atoms with Gasteiger partial charge in [-0.05, 0) is 160 Å². The van der Waals surface area contributed by atoms with Gasteiger partial charge in [0.05, 0.1) is 17.4 Å². The van der Waals surface area contributed by atoms with E-state index in [9.17, 15) is 24.3 Å². The van der Waals surface area contributed by atoms with Gasteiger partial charge in [-0.15, -0.1) is 10.2 Å². The lowest BCUT2D eigenvalue weighted by atomic mass is 9.43. The summed E-state index contributed by atoms with van der Waals surface area (Å²) in [5.74, 6) is 0.989. The van der Waals surface area contributed by atoms with Gasteiger partial charge in [0.15, 0.2) is 5.78 Å². The van der Waals surface area contributed by atoms with E-state index in [1.165, 1.54) is 5.57 Å². The minimum Gasteiger partial charge on any atom is -0.481 e. The van der Waals surface area contributed by atoms with Crippen LogP contribution in [0.1, 0.15) is 119 Å². The smallest absolute Gasteiger partial charge is 0.309 e. The summed E-state index contributed by atoms with van der Waals surface area (Å²) in [6.45, 7) is 14.5. The lowest BCUT2D eigenvalue weighted by molar-refractivity contribution is -0.184. The lowest BCUT2D eigenvalue weighted by Crippen LogP contribution is -2.60. The van der Waals surface area contributed by atoms with Crippen LogP contribution in [-0.4, -0.2) is 50.6 Å². The van der Waals surface area contributed by atoms with Crippen LogP contribution in [0.2, 0.25) is 5.02 Å². The molecule has 1 aromatic heterocycles. The lowest BCUT2D eigenvalue weighted by Gasteiger charge is -2.63. The fourth-order valence-corrected chi connectivity index (χ4v) is 13.1. The van der Waals surface area contributed by atoms with Crippen molar-refractivity contribution >= 4 is 35.2 Å². The number of nitrogens with zero attached hydrogens (tertiary/aromatic N) is 2. The Labute approximate surface area is 335 Å². The maximum atomic E-state index is 14.4. The summed E-state index contributed by atoms with van der Waals surface area (Å²) in [5.41, 5.74) is 1.11. The summed E-state index contributed by atoms with van der Waals surface area (Å²) in [5, 5.41) is 22.1. The number of hydrogen-bond acceptors (Lipinski definition) is 8. The standard InChI is InChI=1S/C45H58ClN3O7/c1-22(2)36-34(50)21-45(47-41(54)43(5,6)42-49-48-38(56-42)25-8-10-26(46)11-9-25)19-16-27-28-12-14-32-24(4)35(55-40(53)31-20-30(23(31)3)39(51)52)17-18-44(32,7)33(28)15-13-29(27)37(36)45/h8-11,22-24,27-33,35H,12-21H2,1-7H3,(H,47,54)(H,51,52). The van der Waals surface area contributed by atoms with Crippen LogP contribution < -0.4 is 5.32 Å². The first-order valence-electron chi connectivity index (χ1n) is 21.1. The summed E-state index contributed by atoms with van der Waals surface area (Å²) in [6, 6.07) is 7.13. The Bertz CT molecular complexity index is 1950. The molecule has 5 fully saturated rings. The van der Waals surface area contributed by atoms with E-state index in [1.807, 2.05) is 6.92 Å². The van der Waals surface area contributed by atoms with Crippen molar-refractivity contribution in [3.05, 3.63) is 46.3 Å². The molecule has 0 saturated heterocycles. The van der Waals surface area contributed by atoms with E-state index in [-0.39, 0.29) is 64.7 Å². The molecular formula is C45H58ClN3O7. The van der Waals surface area contributed by atoms with Gasteiger partial charge >= 0.3 is 11.9 Å². The molecule has 12 atom stereocenters. The molecule has 1 amide bonds. The topological polar surface area (TPSA) is 149 Å². The van der Waals surface area contributed by atoms with Crippen molar-refractivity contribution in [3.8, 4) is 11.5 Å². The van der Waals surface area contributed by atoms with E-state index in [4.69, 9.17) is 20.8 Å². The first kappa shape index (κ1) is 39.3. The van der Waals surface area contributed by atoms with Crippen molar-refractivity contribution in [3.63, 3.8) is 0 Å². The Morgan fingerprint density at radius 1 is 0.946 bits per heavy atom. The highest BCUT2D eigenvalue weighted by atomic mass is 35.5. The number of allylic oxidation sites excluding steroid dienone is 1. The van der Waals surface area contributed by atoms with Gasteiger partial charge in [0, 0.05) is 17.0 Å². The highest BCUT2D eigenvalue weighted by molar-refractivity contribution is 6.30. The zero-order valence-electron chi connectivity index (χ0n) is 33.9. The molecule has 0 radical (unpaired) electrons. The van der Waals surface area contributed by atoms with Gasteiger partial charge in [-0.2, -0.15) is 0 Å². The maximum absolute atomic E-state index is 14.4. The molecule has 2 N–H and O–H groups in total. The molecule has 12 unspecified atom stereocenters. The second-order valence-electron chi connectivity index (χ2n) is 19.5. The van der Waals surface area contributed by atoms with Crippen LogP contribution in [0.25, 0.3) is 11.5 Å². The van der Waals surface area contributed by atoms with E-state index in [0.717, 1.165) is 62.5 Å². The summed E-state index contributed by atoms with van der Waals surface area (Å²) < 4.78 is 12.3. The molecule has 302 valence electrons. The average Bonchev–Trinajstić information content (AvgIpc) is 3.75. The number of esters is 1. The number of aromatic nitrogens is 2. The Morgan fingerprint density at radius 2 is 1.66 bits per heavy atom. The number of hydrogen-bond donors (Lipinski definition) is 2. The average molecular weight is 788 g/mol. The number of ketones is 1. The van der Waals surface area contributed by atoms with Gasteiger partial charge in [0.25, 0.3) is 0 Å². The SMILES string of the molecule is CC(C)C1=C2C3CCC4C(CCC5C(C)C(OC(=O)C6CC(C(=O)O)C6C)CCC54C)C3CCC2(NC(=O)C(C)(C)c2nnc(-c3ccc(Cl)cc3)o2)CC1=O. The number of carboxylic acids is 1. The minimum absolute atomic E-state index is 0.0589. The van der Waals surface area contributed by atoms with E-state index >= 15 is 0 Å². The molecule has 56 heavy (non-hydrogen) atoms. The molecule has 11 heteroatoms. The molecule has 6 aliphatic carbocycles. The van der Waals surface area contributed by atoms with E-state index in [1.54, 1.807) is 38.1 Å². The maximum Gasteiger partial charge on any atom is 0.309 e. The number of ether oxygens (including phenoxy) is 1. The molecule has 0 bridgehead atoms. The third-order valence-electron chi connectivity index (χ3n) is 16.1. The van der Waals surface area contributed by atoms with Gasteiger partial charge in [-0.1, -0.05) is 46.2 Å². The number of amides is 1. The molecule has 8 rings (SSSR count). The van der Waals surface area contributed by atoms with E-state index in [2.05, 4.69) is 43.2 Å². The van der Waals surface area contributed by atoms with Gasteiger partial charge in [0.1, 0.15) is 11.5 Å². The number of nitrogens with one attached hydrogen (secondary N) is 1. The van der Waals surface area contributed by atoms with Crippen molar-refractivity contribution in [1.29, 1.82) is 0 Å². The van der Waals surface area contributed by atoms with Crippen molar-refractivity contribution < 1.29 is 33.4 Å². The Morgan fingerprint density at radius 3 is 2.34 bits per heavy atom. The Hall–Kier alpha value is -3.53. The van der Waals surface area contributed by atoms with E-state index in [0.29, 0.717) is 47.4 Å². The van der Waals surface area contributed by atoms with Crippen LogP contribution in [0.15, 0.2) is 39.8 Å². The molecule has 10 nitrogen and oxygen atoms in total. The van der Waals surface area contributed by atoms with Crippen LogP contribution in [0, 0.1) is 64.6 Å². The Balaban J connectivity index is 0.994. The fourth-order valence-electron chi connectivity index (χ4n) is 12.9. The largest absolute Gasteiger partial charge is 0.481 e. The number of fused-ring (bicyclic) bond motifs is 7. The molecule has 1 aromatic carbocycles. The van der Waals surface area contributed by atoms with Crippen LogP contribution in [0.3, 0.4) is 0 Å². The first-order valence-corrected chi connectivity index (χ1v) is 21.5. The summed E-state index contributed by atoms with van der Waals surface area (Å²) >= 11 is 6.08. The number of benzene rings is 1.